The fraction of sp³-hybridized carbons (Fsp3) is 0.105. The van der Waals surface area contributed by atoms with E-state index in [1.54, 1.807) is 31.4 Å². The summed E-state index contributed by atoms with van der Waals surface area (Å²) in [5, 5.41) is 0. The van der Waals surface area contributed by atoms with Crippen LogP contribution in [0.5, 0.6) is 17.2 Å². The second kappa shape index (κ2) is 5.32. The number of hydrogen-bond acceptors (Lipinski definition) is 4. The van der Waals surface area contributed by atoms with E-state index in [4.69, 9.17) is 14.2 Å². The zero-order chi connectivity index (χ0) is 15.8. The molecule has 114 valence electrons. The Morgan fingerprint density at radius 1 is 1.13 bits per heavy atom. The van der Waals surface area contributed by atoms with Gasteiger partial charge in [0.25, 0.3) is 0 Å². The van der Waals surface area contributed by atoms with Crippen LogP contribution in [0.25, 0.3) is 6.08 Å². The summed E-state index contributed by atoms with van der Waals surface area (Å²) in [7, 11) is 1.58. The third kappa shape index (κ3) is 2.38. The van der Waals surface area contributed by atoms with Gasteiger partial charge in [-0.25, -0.2) is 0 Å². The minimum absolute atomic E-state index is 0.123. The van der Waals surface area contributed by atoms with E-state index in [9.17, 15) is 4.79 Å². The molecule has 0 amide bonds. The van der Waals surface area contributed by atoms with E-state index in [2.05, 4.69) is 0 Å². The molecule has 0 N–H and O–H groups in total. The molecule has 0 aromatic heterocycles. The monoisotopic (exact) mass is 306 g/mol. The van der Waals surface area contributed by atoms with E-state index < -0.39 is 0 Å². The van der Waals surface area contributed by atoms with E-state index in [0.717, 1.165) is 16.9 Å². The number of ether oxygens (including phenoxy) is 3. The van der Waals surface area contributed by atoms with Crippen molar-refractivity contribution in [2.45, 2.75) is 0 Å². The van der Waals surface area contributed by atoms with Gasteiger partial charge in [0.2, 0.25) is 5.78 Å². The molecule has 2 aliphatic rings. The molecule has 23 heavy (non-hydrogen) atoms. The highest BCUT2D eigenvalue weighted by Gasteiger charge is 2.28. The van der Waals surface area contributed by atoms with E-state index in [0.29, 0.717) is 29.4 Å². The van der Waals surface area contributed by atoms with E-state index in [-0.39, 0.29) is 5.78 Å². The van der Waals surface area contributed by atoms with Crippen LogP contribution in [0.2, 0.25) is 0 Å². The fourth-order valence-corrected chi connectivity index (χ4v) is 2.68. The Labute approximate surface area is 133 Å². The van der Waals surface area contributed by atoms with E-state index >= 15 is 0 Å². The smallest absolute Gasteiger partial charge is 0.231 e. The molecule has 0 saturated heterocycles. The zero-order valence-corrected chi connectivity index (χ0v) is 12.5. The Balaban J connectivity index is 1.66. The molecule has 4 rings (SSSR count). The van der Waals surface area contributed by atoms with Gasteiger partial charge in [-0.2, -0.15) is 0 Å². The average molecular weight is 306 g/mol. The van der Waals surface area contributed by atoms with E-state index in [1.165, 1.54) is 0 Å². The first-order valence-electron chi connectivity index (χ1n) is 7.29. The number of methoxy groups -OCH3 is 1. The predicted octanol–water partition coefficient (Wildman–Crippen LogP) is 3.63. The van der Waals surface area contributed by atoms with Crippen molar-refractivity contribution in [3.63, 3.8) is 0 Å². The number of benzene rings is 2. The average Bonchev–Trinajstić information content (AvgIpc) is 2.90. The van der Waals surface area contributed by atoms with Gasteiger partial charge in [-0.05, 0) is 35.9 Å². The van der Waals surface area contributed by atoms with Crippen molar-refractivity contribution in [2.24, 2.45) is 0 Å². The van der Waals surface area contributed by atoms with Crippen molar-refractivity contribution in [2.75, 3.05) is 13.7 Å². The van der Waals surface area contributed by atoms with Crippen LogP contribution in [-0.2, 0) is 0 Å². The fourth-order valence-electron chi connectivity index (χ4n) is 2.68. The second-order valence-corrected chi connectivity index (χ2v) is 5.35. The lowest BCUT2D eigenvalue weighted by Crippen LogP contribution is -2.08. The van der Waals surface area contributed by atoms with Crippen molar-refractivity contribution >= 4 is 11.9 Å². The summed E-state index contributed by atoms with van der Waals surface area (Å²) >= 11 is 0. The normalized spacial score (nSPS) is 17.0. The van der Waals surface area contributed by atoms with Crippen molar-refractivity contribution in [3.05, 3.63) is 71.0 Å². The highest BCUT2D eigenvalue weighted by Crippen LogP contribution is 2.35. The molecule has 2 aromatic carbocycles. The van der Waals surface area contributed by atoms with Crippen LogP contribution >= 0.6 is 0 Å². The topological polar surface area (TPSA) is 44.8 Å². The molecule has 0 aliphatic carbocycles. The second-order valence-electron chi connectivity index (χ2n) is 5.35. The highest BCUT2D eigenvalue weighted by molar-refractivity contribution is 6.12. The maximum absolute atomic E-state index is 12.4. The molecule has 4 heteroatoms. The van der Waals surface area contributed by atoms with Gasteiger partial charge < -0.3 is 14.2 Å². The number of ketones is 1. The zero-order valence-electron chi connectivity index (χ0n) is 12.5. The molecule has 0 spiro atoms. The van der Waals surface area contributed by atoms with Gasteiger partial charge in [-0.3, -0.25) is 4.79 Å². The molecular formula is C19H14O4. The Morgan fingerprint density at radius 3 is 2.87 bits per heavy atom. The minimum Gasteiger partial charge on any atom is -0.497 e. The summed E-state index contributed by atoms with van der Waals surface area (Å²) in [4.78, 5) is 12.4. The van der Waals surface area contributed by atoms with Gasteiger partial charge in [0.15, 0.2) is 5.76 Å². The largest absolute Gasteiger partial charge is 0.497 e. The summed E-state index contributed by atoms with van der Waals surface area (Å²) in [6.07, 6.45) is 3.75. The molecule has 2 aliphatic heterocycles. The lowest BCUT2D eigenvalue weighted by molar-refractivity contribution is 0.101. The van der Waals surface area contributed by atoms with Crippen LogP contribution in [0.4, 0.5) is 0 Å². The van der Waals surface area contributed by atoms with Crippen LogP contribution in [0, 0.1) is 0 Å². The standard InChI is InChI=1S/C19H14O4/c1-21-14-6-7-15-17(10-14)23-18(19(15)20)9-12-8-13-4-2-3-5-16(13)22-11-12/h2-10H,11H2,1H3. The number of rotatable bonds is 2. The summed E-state index contributed by atoms with van der Waals surface area (Å²) in [6, 6.07) is 13.0. The summed E-state index contributed by atoms with van der Waals surface area (Å²) in [6.45, 7) is 0.414. The van der Waals surface area contributed by atoms with Gasteiger partial charge in [-0.15, -0.1) is 0 Å². The summed E-state index contributed by atoms with van der Waals surface area (Å²) < 4.78 is 16.5. The lowest BCUT2D eigenvalue weighted by Gasteiger charge is -2.15. The Morgan fingerprint density at radius 2 is 2.00 bits per heavy atom. The van der Waals surface area contributed by atoms with Crippen molar-refractivity contribution in [1.29, 1.82) is 0 Å². The quantitative estimate of drug-likeness (QED) is 0.795. The van der Waals surface area contributed by atoms with Gasteiger partial charge in [0.1, 0.15) is 23.9 Å². The molecule has 4 nitrogen and oxygen atoms in total. The molecule has 0 saturated carbocycles. The molecule has 0 bridgehead atoms. The first-order chi connectivity index (χ1) is 11.2. The van der Waals surface area contributed by atoms with Gasteiger partial charge in [0, 0.05) is 11.6 Å². The third-order valence-electron chi connectivity index (χ3n) is 3.85. The van der Waals surface area contributed by atoms with Crippen LogP contribution in [0.1, 0.15) is 15.9 Å². The predicted molar refractivity (Wildman–Crippen MR) is 85.9 cm³/mol. The van der Waals surface area contributed by atoms with Crippen molar-refractivity contribution in [3.8, 4) is 17.2 Å². The Kier molecular flexibility index (Phi) is 3.15. The number of carbonyl (C=O) groups is 1. The molecule has 0 atom stereocenters. The van der Waals surface area contributed by atoms with Crippen LogP contribution in [-0.4, -0.2) is 19.5 Å². The SMILES string of the molecule is COc1ccc2c(c1)OC(=CC1=Cc3ccccc3OC1)C2=O. The number of carbonyl (C=O) groups excluding carboxylic acids is 1. The van der Waals surface area contributed by atoms with Gasteiger partial charge >= 0.3 is 0 Å². The molecule has 0 fully saturated rings. The Bertz CT molecular complexity index is 861. The minimum atomic E-state index is -0.123. The number of Topliss-reactive ketones (excluding diaryl/α,β-unsaturated/α-hetero) is 1. The van der Waals surface area contributed by atoms with Crippen molar-refractivity contribution < 1.29 is 19.0 Å². The molecule has 2 heterocycles. The maximum atomic E-state index is 12.4. The van der Waals surface area contributed by atoms with Gasteiger partial charge in [-0.1, -0.05) is 18.2 Å². The summed E-state index contributed by atoms with van der Waals surface area (Å²) in [5.74, 6) is 2.22. The molecule has 2 aromatic rings. The van der Waals surface area contributed by atoms with Gasteiger partial charge in [0.05, 0.1) is 12.7 Å². The Hall–Kier alpha value is -3.01. The third-order valence-corrected chi connectivity index (χ3v) is 3.85. The van der Waals surface area contributed by atoms with Crippen molar-refractivity contribution in [1.82, 2.24) is 0 Å². The molecular weight excluding hydrogens is 292 g/mol. The number of para-hydroxylation sites is 1. The number of allylic oxidation sites excluding steroid dienone is 1. The number of hydrogen-bond donors (Lipinski definition) is 0. The number of fused-ring (bicyclic) bond motifs is 2. The van der Waals surface area contributed by atoms with E-state index in [1.807, 2.05) is 30.3 Å². The first kappa shape index (κ1) is 13.6. The maximum Gasteiger partial charge on any atom is 0.231 e. The highest BCUT2D eigenvalue weighted by atomic mass is 16.5. The van der Waals surface area contributed by atoms with Crippen LogP contribution in [0.15, 0.2) is 59.9 Å². The van der Waals surface area contributed by atoms with Crippen LogP contribution in [0.3, 0.4) is 0 Å². The summed E-state index contributed by atoms with van der Waals surface area (Å²) in [5.41, 5.74) is 2.44. The van der Waals surface area contributed by atoms with Crippen LogP contribution < -0.4 is 14.2 Å². The molecule has 0 radical (unpaired) electrons. The lowest BCUT2D eigenvalue weighted by atomic mass is 10.1. The molecule has 0 unspecified atom stereocenters. The first-order valence-corrected chi connectivity index (χ1v) is 7.29.